The number of aryl methyl sites for hydroxylation is 1. The Labute approximate surface area is 124 Å². The van der Waals surface area contributed by atoms with Crippen LogP contribution in [0.15, 0.2) is 0 Å². The van der Waals surface area contributed by atoms with E-state index in [2.05, 4.69) is 50.3 Å². The zero-order valence-electron chi connectivity index (χ0n) is 13.1. The summed E-state index contributed by atoms with van der Waals surface area (Å²) in [6.45, 7) is 13.7. The SMILES string of the molecule is CCCCc1nc(Cl)c(C(C)(C)C)n1CO[SiH](C)C. The Morgan fingerprint density at radius 2 is 1.95 bits per heavy atom. The minimum atomic E-state index is -1.05. The molecule has 5 heteroatoms. The van der Waals surface area contributed by atoms with Crippen LogP contribution in [0.1, 0.15) is 52.1 Å². The molecule has 110 valence electrons. The van der Waals surface area contributed by atoms with E-state index < -0.39 is 9.04 Å². The molecule has 1 aromatic heterocycles. The average Bonchev–Trinajstić information content (AvgIpc) is 2.59. The molecule has 0 N–H and O–H groups in total. The van der Waals surface area contributed by atoms with Crippen LogP contribution in [0.2, 0.25) is 18.2 Å². The van der Waals surface area contributed by atoms with Gasteiger partial charge in [-0.05, 0) is 19.5 Å². The third-order valence-corrected chi connectivity index (χ3v) is 4.08. The maximum absolute atomic E-state index is 6.35. The van der Waals surface area contributed by atoms with E-state index in [-0.39, 0.29) is 5.41 Å². The highest BCUT2D eigenvalue weighted by Crippen LogP contribution is 2.31. The predicted molar refractivity (Wildman–Crippen MR) is 84.5 cm³/mol. The Hall–Kier alpha value is -0.323. The van der Waals surface area contributed by atoms with Crippen molar-refractivity contribution in [3.8, 4) is 0 Å². The van der Waals surface area contributed by atoms with Crippen molar-refractivity contribution in [3.05, 3.63) is 16.7 Å². The van der Waals surface area contributed by atoms with Crippen LogP contribution in [-0.2, 0) is 23.0 Å². The lowest BCUT2D eigenvalue weighted by Gasteiger charge is -2.23. The average molecular weight is 303 g/mol. The van der Waals surface area contributed by atoms with Gasteiger partial charge in [0.1, 0.15) is 12.6 Å². The van der Waals surface area contributed by atoms with Crippen molar-refractivity contribution in [2.45, 2.75) is 72.2 Å². The normalized spacial score (nSPS) is 12.4. The fourth-order valence-electron chi connectivity index (χ4n) is 2.07. The van der Waals surface area contributed by atoms with Gasteiger partial charge in [0.15, 0.2) is 14.2 Å². The zero-order chi connectivity index (χ0) is 14.6. The Morgan fingerprint density at radius 3 is 2.42 bits per heavy atom. The number of unbranched alkanes of at least 4 members (excludes halogenated alkanes) is 1. The molecule has 0 atom stereocenters. The molecule has 1 aromatic rings. The van der Waals surface area contributed by atoms with Crippen LogP contribution in [0.4, 0.5) is 0 Å². The largest absolute Gasteiger partial charge is 0.403 e. The zero-order valence-corrected chi connectivity index (χ0v) is 15.0. The molecule has 0 aromatic carbocycles. The van der Waals surface area contributed by atoms with E-state index in [1.54, 1.807) is 0 Å². The van der Waals surface area contributed by atoms with Gasteiger partial charge in [0, 0.05) is 11.8 Å². The van der Waals surface area contributed by atoms with E-state index in [9.17, 15) is 0 Å². The smallest absolute Gasteiger partial charge is 0.173 e. The van der Waals surface area contributed by atoms with Crippen LogP contribution >= 0.6 is 11.6 Å². The molecule has 1 heterocycles. The number of hydrogen-bond acceptors (Lipinski definition) is 2. The molecule has 0 saturated heterocycles. The van der Waals surface area contributed by atoms with Crippen molar-refractivity contribution in [1.29, 1.82) is 0 Å². The number of aromatic nitrogens is 2. The highest BCUT2D eigenvalue weighted by Gasteiger charge is 2.26. The first-order valence-corrected chi connectivity index (χ1v) is 10.3. The van der Waals surface area contributed by atoms with Gasteiger partial charge in [-0.1, -0.05) is 45.7 Å². The van der Waals surface area contributed by atoms with Gasteiger partial charge in [-0.3, -0.25) is 0 Å². The van der Waals surface area contributed by atoms with E-state index >= 15 is 0 Å². The number of hydrogen-bond donors (Lipinski definition) is 0. The molecular weight excluding hydrogens is 276 g/mol. The van der Waals surface area contributed by atoms with Crippen LogP contribution < -0.4 is 0 Å². The van der Waals surface area contributed by atoms with Crippen LogP contribution in [0.25, 0.3) is 0 Å². The van der Waals surface area contributed by atoms with Crippen LogP contribution in [0.5, 0.6) is 0 Å². The molecule has 0 unspecified atom stereocenters. The molecular formula is C14H27ClN2OSi. The molecule has 0 aliphatic rings. The van der Waals surface area contributed by atoms with E-state index in [4.69, 9.17) is 16.0 Å². The standard InChI is InChI=1S/C14H27ClN2OSi/c1-7-8-9-11-16-13(15)12(14(2,3)4)17(11)10-18-19(5)6/h19H,7-10H2,1-6H3. The number of nitrogens with zero attached hydrogens (tertiary/aromatic N) is 2. The third kappa shape index (κ3) is 4.62. The Balaban J connectivity index is 3.10. The first-order valence-electron chi connectivity index (χ1n) is 7.14. The maximum Gasteiger partial charge on any atom is 0.173 e. The molecule has 0 radical (unpaired) electrons. The van der Waals surface area contributed by atoms with Crippen molar-refractivity contribution in [3.63, 3.8) is 0 Å². The second-order valence-corrected chi connectivity index (χ2v) is 9.08. The summed E-state index contributed by atoms with van der Waals surface area (Å²) in [5.74, 6) is 1.06. The quantitative estimate of drug-likeness (QED) is 0.739. The summed E-state index contributed by atoms with van der Waals surface area (Å²) < 4.78 is 8.09. The lowest BCUT2D eigenvalue weighted by atomic mass is 9.92. The molecule has 0 amide bonds. The van der Waals surface area contributed by atoms with E-state index in [1.165, 1.54) is 0 Å². The summed E-state index contributed by atoms with van der Waals surface area (Å²) in [5, 5.41) is 0.632. The summed E-state index contributed by atoms with van der Waals surface area (Å²) in [5.41, 5.74) is 1.08. The Kier molecular flexibility index (Phi) is 6.08. The van der Waals surface area contributed by atoms with Gasteiger partial charge < -0.3 is 8.99 Å². The van der Waals surface area contributed by atoms with Gasteiger partial charge >= 0.3 is 0 Å². The molecule has 0 saturated carbocycles. The molecule has 19 heavy (non-hydrogen) atoms. The van der Waals surface area contributed by atoms with Gasteiger partial charge in [0.2, 0.25) is 0 Å². The summed E-state index contributed by atoms with van der Waals surface area (Å²) in [4.78, 5) is 4.56. The fraction of sp³-hybridized carbons (Fsp3) is 0.786. The van der Waals surface area contributed by atoms with E-state index in [1.807, 2.05) is 0 Å². The van der Waals surface area contributed by atoms with Gasteiger partial charge in [-0.25, -0.2) is 4.98 Å². The monoisotopic (exact) mass is 302 g/mol. The second kappa shape index (κ2) is 6.91. The van der Waals surface area contributed by atoms with Crippen molar-refractivity contribution in [2.75, 3.05) is 0 Å². The summed E-state index contributed by atoms with van der Waals surface area (Å²) in [7, 11) is -1.05. The lowest BCUT2D eigenvalue weighted by molar-refractivity contribution is 0.226. The van der Waals surface area contributed by atoms with E-state index in [0.29, 0.717) is 11.9 Å². The Morgan fingerprint density at radius 1 is 1.32 bits per heavy atom. The molecule has 0 aliphatic carbocycles. The van der Waals surface area contributed by atoms with Crippen LogP contribution in [0, 0.1) is 0 Å². The number of halogens is 1. The second-order valence-electron chi connectivity index (χ2n) is 6.29. The van der Waals surface area contributed by atoms with Gasteiger partial charge in [0.25, 0.3) is 0 Å². The first kappa shape index (κ1) is 16.7. The minimum Gasteiger partial charge on any atom is -0.403 e. The van der Waals surface area contributed by atoms with E-state index in [0.717, 1.165) is 30.8 Å². The summed E-state index contributed by atoms with van der Waals surface area (Å²) in [6.07, 6.45) is 3.26. The maximum atomic E-state index is 6.35. The van der Waals surface area contributed by atoms with Gasteiger partial charge in [-0.2, -0.15) is 0 Å². The summed E-state index contributed by atoms with van der Waals surface area (Å²) >= 11 is 6.35. The Bertz CT molecular complexity index is 410. The highest BCUT2D eigenvalue weighted by molar-refractivity contribution is 6.48. The highest BCUT2D eigenvalue weighted by atomic mass is 35.5. The van der Waals surface area contributed by atoms with Crippen molar-refractivity contribution in [1.82, 2.24) is 9.55 Å². The molecule has 0 bridgehead atoms. The van der Waals surface area contributed by atoms with Gasteiger partial charge in [0.05, 0.1) is 5.69 Å². The molecule has 0 spiro atoms. The third-order valence-electron chi connectivity index (χ3n) is 3.01. The van der Waals surface area contributed by atoms with Crippen LogP contribution in [-0.4, -0.2) is 18.6 Å². The van der Waals surface area contributed by atoms with Gasteiger partial charge in [-0.15, -0.1) is 0 Å². The minimum absolute atomic E-state index is 0.0174. The molecule has 0 fully saturated rings. The fourth-order valence-corrected chi connectivity index (χ4v) is 3.00. The molecule has 3 nitrogen and oxygen atoms in total. The topological polar surface area (TPSA) is 27.1 Å². The number of rotatable bonds is 6. The molecule has 1 rings (SSSR count). The molecule has 0 aliphatic heterocycles. The van der Waals surface area contributed by atoms with Crippen molar-refractivity contribution in [2.24, 2.45) is 0 Å². The van der Waals surface area contributed by atoms with Crippen molar-refractivity contribution < 1.29 is 4.43 Å². The number of imidazole rings is 1. The first-order chi connectivity index (χ1) is 8.77. The predicted octanol–water partition coefficient (Wildman–Crippen LogP) is 4.13. The summed E-state index contributed by atoms with van der Waals surface area (Å²) in [6, 6.07) is 0. The van der Waals surface area contributed by atoms with Crippen LogP contribution in [0.3, 0.4) is 0 Å². The lowest BCUT2D eigenvalue weighted by Crippen LogP contribution is -2.22. The van der Waals surface area contributed by atoms with Crippen molar-refractivity contribution >= 4 is 20.6 Å².